The number of halogens is 3. The van der Waals surface area contributed by atoms with E-state index in [-0.39, 0.29) is 6.04 Å². The molecule has 0 radical (unpaired) electrons. The second kappa shape index (κ2) is 6.91. The van der Waals surface area contributed by atoms with Gasteiger partial charge in [0.1, 0.15) is 0 Å². The number of hydrogen-bond donors (Lipinski definition) is 1. The van der Waals surface area contributed by atoms with Gasteiger partial charge in [0.2, 0.25) is 0 Å². The Morgan fingerprint density at radius 3 is 2.21 bits per heavy atom. The molecule has 2 atom stereocenters. The van der Waals surface area contributed by atoms with Crippen LogP contribution in [-0.2, 0) is 0 Å². The zero-order valence-electron chi connectivity index (χ0n) is 11.5. The average Bonchev–Trinajstić information content (AvgIpc) is 2.33. The molecule has 108 valence electrons. The maximum absolute atomic E-state index is 12.6. The Balaban J connectivity index is 2.71. The third-order valence-electron chi connectivity index (χ3n) is 3.18. The van der Waals surface area contributed by atoms with E-state index < -0.39 is 18.6 Å². The van der Waals surface area contributed by atoms with Crippen LogP contribution >= 0.6 is 0 Å². The van der Waals surface area contributed by atoms with Gasteiger partial charge in [0.25, 0.3) is 0 Å². The monoisotopic (exact) mass is 274 g/mol. The van der Waals surface area contributed by atoms with Crippen LogP contribution in [0.1, 0.15) is 24.9 Å². The van der Waals surface area contributed by atoms with Gasteiger partial charge in [-0.25, -0.2) is 0 Å². The summed E-state index contributed by atoms with van der Waals surface area (Å²) >= 11 is 0. The van der Waals surface area contributed by atoms with Gasteiger partial charge in [0, 0.05) is 18.6 Å². The first kappa shape index (κ1) is 16.0. The molecule has 1 N–H and O–H groups in total. The normalized spacial score (nSPS) is 15.5. The van der Waals surface area contributed by atoms with Crippen molar-refractivity contribution in [3.05, 3.63) is 35.9 Å². The zero-order chi connectivity index (χ0) is 14.5. The van der Waals surface area contributed by atoms with E-state index in [1.165, 1.54) is 0 Å². The molecule has 2 nitrogen and oxygen atoms in total. The first-order valence-electron chi connectivity index (χ1n) is 6.31. The van der Waals surface area contributed by atoms with Gasteiger partial charge in [-0.1, -0.05) is 30.3 Å². The zero-order valence-corrected chi connectivity index (χ0v) is 11.5. The van der Waals surface area contributed by atoms with Crippen LogP contribution in [0.4, 0.5) is 13.2 Å². The third-order valence-corrected chi connectivity index (χ3v) is 3.18. The Kier molecular flexibility index (Phi) is 5.82. The minimum Gasteiger partial charge on any atom is -0.308 e. The molecule has 19 heavy (non-hydrogen) atoms. The third kappa shape index (κ3) is 6.07. The summed E-state index contributed by atoms with van der Waals surface area (Å²) in [7, 11) is 3.82. The largest absolute Gasteiger partial charge is 0.390 e. The molecule has 1 aromatic rings. The molecule has 0 saturated carbocycles. The van der Waals surface area contributed by atoms with E-state index in [0.717, 1.165) is 0 Å². The van der Waals surface area contributed by atoms with Crippen molar-refractivity contribution < 1.29 is 13.2 Å². The summed E-state index contributed by atoms with van der Waals surface area (Å²) in [6.07, 6.45) is -5.02. The summed E-state index contributed by atoms with van der Waals surface area (Å²) in [5.41, 5.74) is 0.672. The smallest absolute Gasteiger partial charge is 0.308 e. The van der Waals surface area contributed by atoms with Gasteiger partial charge in [0.05, 0.1) is 6.42 Å². The Hall–Kier alpha value is -1.07. The van der Waals surface area contributed by atoms with Crippen molar-refractivity contribution in [2.45, 2.75) is 31.6 Å². The lowest BCUT2D eigenvalue weighted by molar-refractivity contribution is -0.140. The molecular formula is C14H21F3N2. The van der Waals surface area contributed by atoms with Crippen molar-refractivity contribution in [1.29, 1.82) is 0 Å². The molecule has 0 spiro atoms. The van der Waals surface area contributed by atoms with Crippen LogP contribution in [-0.4, -0.2) is 37.8 Å². The van der Waals surface area contributed by atoms with Crippen molar-refractivity contribution in [3.63, 3.8) is 0 Å². The van der Waals surface area contributed by atoms with Gasteiger partial charge in [-0.05, 0) is 26.6 Å². The second-order valence-electron chi connectivity index (χ2n) is 5.00. The first-order chi connectivity index (χ1) is 8.79. The molecule has 0 amide bonds. The number of benzene rings is 1. The summed E-state index contributed by atoms with van der Waals surface area (Å²) in [6, 6.07) is 8.26. The SMILES string of the molecule is CC(CNC(CC(F)(F)F)c1ccccc1)N(C)C. The summed E-state index contributed by atoms with van der Waals surface area (Å²) in [4.78, 5) is 1.97. The number of hydrogen-bond acceptors (Lipinski definition) is 2. The first-order valence-corrected chi connectivity index (χ1v) is 6.31. The van der Waals surface area contributed by atoms with Crippen LogP contribution in [0, 0.1) is 0 Å². The lowest BCUT2D eigenvalue weighted by Gasteiger charge is -2.25. The molecule has 0 aliphatic carbocycles. The predicted molar refractivity (Wildman–Crippen MR) is 71.0 cm³/mol. The number of nitrogens with one attached hydrogen (secondary N) is 1. The highest BCUT2D eigenvalue weighted by atomic mass is 19.4. The molecule has 0 bridgehead atoms. The highest BCUT2D eigenvalue weighted by Crippen LogP contribution is 2.29. The topological polar surface area (TPSA) is 15.3 Å². The number of alkyl halides is 3. The molecule has 1 rings (SSSR count). The minimum atomic E-state index is -4.17. The highest BCUT2D eigenvalue weighted by molar-refractivity contribution is 5.19. The predicted octanol–water partition coefficient (Wildman–Crippen LogP) is 3.22. The number of nitrogens with zero attached hydrogens (tertiary/aromatic N) is 1. The molecule has 0 aliphatic heterocycles. The van der Waals surface area contributed by atoms with Gasteiger partial charge in [-0.15, -0.1) is 0 Å². The number of likely N-dealkylation sites (N-methyl/N-ethyl adjacent to an activating group) is 1. The van der Waals surface area contributed by atoms with E-state index in [2.05, 4.69) is 5.32 Å². The minimum absolute atomic E-state index is 0.180. The Bertz CT molecular complexity index is 363. The summed E-state index contributed by atoms with van der Waals surface area (Å²) in [5.74, 6) is 0. The van der Waals surface area contributed by atoms with E-state index in [4.69, 9.17) is 0 Å². The summed E-state index contributed by atoms with van der Waals surface area (Å²) < 4.78 is 37.9. The van der Waals surface area contributed by atoms with E-state index in [0.29, 0.717) is 12.1 Å². The van der Waals surface area contributed by atoms with E-state index in [9.17, 15) is 13.2 Å². The molecule has 0 heterocycles. The molecule has 0 aliphatic rings. The molecule has 2 unspecified atom stereocenters. The van der Waals surface area contributed by atoms with Gasteiger partial charge in [-0.2, -0.15) is 13.2 Å². The van der Waals surface area contributed by atoms with Crippen molar-refractivity contribution in [3.8, 4) is 0 Å². The fourth-order valence-corrected chi connectivity index (χ4v) is 1.72. The molecule has 5 heteroatoms. The summed E-state index contributed by atoms with van der Waals surface area (Å²) in [5, 5.41) is 3.01. The average molecular weight is 274 g/mol. The van der Waals surface area contributed by atoms with Crippen molar-refractivity contribution in [1.82, 2.24) is 10.2 Å². The van der Waals surface area contributed by atoms with Crippen LogP contribution in [0.3, 0.4) is 0 Å². The van der Waals surface area contributed by atoms with Crippen LogP contribution < -0.4 is 5.32 Å². The van der Waals surface area contributed by atoms with Crippen LogP contribution in [0.2, 0.25) is 0 Å². The van der Waals surface area contributed by atoms with Crippen LogP contribution in [0.5, 0.6) is 0 Å². The highest BCUT2D eigenvalue weighted by Gasteiger charge is 2.32. The fourth-order valence-electron chi connectivity index (χ4n) is 1.72. The maximum atomic E-state index is 12.6. The number of rotatable bonds is 6. The molecular weight excluding hydrogens is 253 g/mol. The van der Waals surface area contributed by atoms with Crippen LogP contribution in [0.25, 0.3) is 0 Å². The van der Waals surface area contributed by atoms with Crippen molar-refractivity contribution in [2.75, 3.05) is 20.6 Å². The fraction of sp³-hybridized carbons (Fsp3) is 0.571. The summed E-state index contributed by atoms with van der Waals surface area (Å²) in [6.45, 7) is 2.49. The Labute approximate surface area is 112 Å². The van der Waals surface area contributed by atoms with Gasteiger partial charge >= 0.3 is 6.18 Å². The standard InChI is InChI=1S/C14H21F3N2/c1-11(19(2)3)10-18-13(9-14(15,16)17)12-7-5-4-6-8-12/h4-8,11,13,18H,9-10H2,1-3H3. The van der Waals surface area contributed by atoms with Crippen molar-refractivity contribution >= 4 is 0 Å². The van der Waals surface area contributed by atoms with Gasteiger partial charge in [0.15, 0.2) is 0 Å². The van der Waals surface area contributed by atoms with Gasteiger partial charge in [-0.3, -0.25) is 0 Å². The van der Waals surface area contributed by atoms with E-state index >= 15 is 0 Å². The molecule has 1 aromatic carbocycles. The lowest BCUT2D eigenvalue weighted by atomic mass is 10.0. The second-order valence-corrected chi connectivity index (χ2v) is 5.00. The van der Waals surface area contributed by atoms with Gasteiger partial charge < -0.3 is 10.2 Å². The Morgan fingerprint density at radius 2 is 1.74 bits per heavy atom. The quantitative estimate of drug-likeness (QED) is 0.857. The van der Waals surface area contributed by atoms with Crippen molar-refractivity contribution in [2.24, 2.45) is 0 Å². The molecule has 0 fully saturated rings. The molecule has 0 aromatic heterocycles. The maximum Gasteiger partial charge on any atom is 0.390 e. The lowest BCUT2D eigenvalue weighted by Crippen LogP contribution is -2.38. The van der Waals surface area contributed by atoms with E-state index in [1.807, 2.05) is 25.9 Å². The van der Waals surface area contributed by atoms with Crippen LogP contribution in [0.15, 0.2) is 30.3 Å². The Morgan fingerprint density at radius 1 is 1.16 bits per heavy atom. The molecule has 0 saturated heterocycles. The van der Waals surface area contributed by atoms with E-state index in [1.54, 1.807) is 30.3 Å².